The molecule has 2 fully saturated rings. The van der Waals surface area contributed by atoms with Gasteiger partial charge in [-0.25, -0.2) is 0 Å². The van der Waals surface area contributed by atoms with E-state index < -0.39 is 0 Å². The van der Waals surface area contributed by atoms with Crippen LogP contribution >= 0.6 is 0 Å². The van der Waals surface area contributed by atoms with E-state index in [0.717, 1.165) is 12.8 Å². The summed E-state index contributed by atoms with van der Waals surface area (Å²) in [6, 6.07) is -0.331. The smallest absolute Gasteiger partial charge is 0.246 e. The highest BCUT2D eigenvalue weighted by molar-refractivity contribution is 5.95. The summed E-state index contributed by atoms with van der Waals surface area (Å²) < 4.78 is 1.59. The van der Waals surface area contributed by atoms with Crippen LogP contribution in [0.3, 0.4) is 0 Å². The van der Waals surface area contributed by atoms with Crippen LogP contribution in [0.1, 0.15) is 18.5 Å². The first-order chi connectivity index (χ1) is 8.63. The lowest BCUT2D eigenvalue weighted by atomic mass is 10.1. The summed E-state index contributed by atoms with van der Waals surface area (Å²) in [5.74, 6) is 0.240. The van der Waals surface area contributed by atoms with Gasteiger partial charge < -0.3 is 10.2 Å². The molecule has 1 aliphatic heterocycles. The Morgan fingerprint density at radius 3 is 2.83 bits per heavy atom. The van der Waals surface area contributed by atoms with Crippen LogP contribution in [0.2, 0.25) is 0 Å². The second-order valence-electron chi connectivity index (χ2n) is 4.96. The first-order valence-corrected chi connectivity index (χ1v) is 6.07. The van der Waals surface area contributed by atoms with E-state index in [9.17, 15) is 9.59 Å². The summed E-state index contributed by atoms with van der Waals surface area (Å²) >= 11 is 0. The topological polar surface area (TPSA) is 80.1 Å². The van der Waals surface area contributed by atoms with Crippen LogP contribution in [-0.2, 0) is 23.2 Å². The molecule has 0 bridgehead atoms. The quantitative estimate of drug-likeness (QED) is 0.749. The number of amides is 2. The molecule has 7 heteroatoms. The molecule has 2 amide bonds. The van der Waals surface area contributed by atoms with Crippen molar-refractivity contribution < 1.29 is 9.59 Å². The summed E-state index contributed by atoms with van der Waals surface area (Å²) in [6.07, 6.45) is 3.80. The number of carbonyl (C=O) groups excluding carboxylic acids is 2. The molecule has 0 aromatic carbocycles. The second-order valence-corrected chi connectivity index (χ2v) is 4.96. The van der Waals surface area contributed by atoms with Gasteiger partial charge in [-0.2, -0.15) is 0 Å². The van der Waals surface area contributed by atoms with Crippen molar-refractivity contribution in [3.8, 4) is 0 Å². The van der Waals surface area contributed by atoms with Crippen molar-refractivity contribution in [2.45, 2.75) is 25.4 Å². The highest BCUT2D eigenvalue weighted by Gasteiger charge is 2.42. The van der Waals surface area contributed by atoms with Gasteiger partial charge in [-0.05, 0) is 18.8 Å². The van der Waals surface area contributed by atoms with E-state index in [4.69, 9.17) is 0 Å². The highest BCUT2D eigenvalue weighted by atomic mass is 16.2. The number of rotatable bonds is 3. The van der Waals surface area contributed by atoms with Crippen molar-refractivity contribution in [2.24, 2.45) is 13.0 Å². The molecule has 18 heavy (non-hydrogen) atoms. The van der Waals surface area contributed by atoms with E-state index >= 15 is 0 Å². The van der Waals surface area contributed by atoms with E-state index in [-0.39, 0.29) is 24.4 Å². The van der Waals surface area contributed by atoms with Gasteiger partial charge in [0.15, 0.2) is 0 Å². The van der Waals surface area contributed by atoms with Crippen LogP contribution in [0, 0.1) is 5.92 Å². The predicted molar refractivity (Wildman–Crippen MR) is 61.1 cm³/mol. The molecule has 0 spiro atoms. The first kappa shape index (κ1) is 11.2. The molecule has 2 aliphatic rings. The maximum Gasteiger partial charge on any atom is 0.246 e. The Morgan fingerprint density at radius 2 is 2.22 bits per heavy atom. The Bertz CT molecular complexity index is 493. The normalized spacial score (nSPS) is 24.3. The zero-order valence-electron chi connectivity index (χ0n) is 10.2. The summed E-state index contributed by atoms with van der Waals surface area (Å²) in [4.78, 5) is 25.4. The summed E-state index contributed by atoms with van der Waals surface area (Å²) in [7, 11) is 1.77. The van der Waals surface area contributed by atoms with Crippen LogP contribution in [-0.4, -0.2) is 44.3 Å². The predicted octanol–water partition coefficient (Wildman–Crippen LogP) is -0.948. The zero-order chi connectivity index (χ0) is 12.7. The van der Waals surface area contributed by atoms with Gasteiger partial charge in [0.2, 0.25) is 11.8 Å². The Morgan fingerprint density at radius 1 is 1.44 bits per heavy atom. The van der Waals surface area contributed by atoms with Gasteiger partial charge >= 0.3 is 0 Å². The SMILES string of the molecule is Cn1cc(CN2CC(=O)NC(C3CC3)C2=O)nn1. The molecular weight excluding hydrogens is 234 g/mol. The average molecular weight is 249 g/mol. The van der Waals surface area contributed by atoms with Crippen molar-refractivity contribution >= 4 is 11.8 Å². The summed E-state index contributed by atoms with van der Waals surface area (Å²) in [6.45, 7) is 0.460. The lowest BCUT2D eigenvalue weighted by Gasteiger charge is -2.32. The Hall–Kier alpha value is -1.92. The molecule has 1 aromatic heterocycles. The zero-order valence-corrected chi connectivity index (χ0v) is 10.2. The molecule has 1 saturated carbocycles. The first-order valence-electron chi connectivity index (χ1n) is 6.07. The van der Waals surface area contributed by atoms with E-state index in [1.54, 1.807) is 22.8 Å². The third-order valence-electron chi connectivity index (χ3n) is 3.33. The average Bonchev–Trinajstić information content (AvgIpc) is 3.08. The van der Waals surface area contributed by atoms with E-state index in [2.05, 4.69) is 15.6 Å². The van der Waals surface area contributed by atoms with Gasteiger partial charge in [-0.3, -0.25) is 14.3 Å². The lowest BCUT2D eigenvalue weighted by Crippen LogP contribution is -2.58. The number of hydrogen-bond acceptors (Lipinski definition) is 4. The van der Waals surface area contributed by atoms with Crippen molar-refractivity contribution in [3.05, 3.63) is 11.9 Å². The molecule has 96 valence electrons. The van der Waals surface area contributed by atoms with Crippen LogP contribution in [0.5, 0.6) is 0 Å². The third kappa shape index (κ3) is 2.07. The Labute approximate surface area is 104 Å². The van der Waals surface area contributed by atoms with E-state index in [1.807, 2.05) is 0 Å². The Kier molecular flexibility index (Phi) is 2.53. The van der Waals surface area contributed by atoms with Crippen molar-refractivity contribution in [3.63, 3.8) is 0 Å². The maximum absolute atomic E-state index is 12.2. The molecule has 1 atom stereocenters. The van der Waals surface area contributed by atoms with Crippen LogP contribution in [0.25, 0.3) is 0 Å². The van der Waals surface area contributed by atoms with Gasteiger partial charge in [-0.1, -0.05) is 5.21 Å². The molecule has 1 saturated heterocycles. The monoisotopic (exact) mass is 249 g/mol. The molecular formula is C11H15N5O2. The summed E-state index contributed by atoms with van der Waals surface area (Å²) in [5, 5.41) is 10.5. The fraction of sp³-hybridized carbons (Fsp3) is 0.636. The van der Waals surface area contributed by atoms with Crippen molar-refractivity contribution in [1.82, 2.24) is 25.2 Å². The van der Waals surface area contributed by atoms with Crippen molar-refractivity contribution in [1.29, 1.82) is 0 Å². The molecule has 0 radical (unpaired) electrons. The van der Waals surface area contributed by atoms with E-state index in [1.165, 1.54) is 0 Å². The number of aromatic nitrogens is 3. The minimum absolute atomic E-state index is 0.00255. The van der Waals surface area contributed by atoms with Gasteiger partial charge in [0, 0.05) is 13.2 Å². The van der Waals surface area contributed by atoms with Crippen LogP contribution in [0.4, 0.5) is 0 Å². The van der Waals surface area contributed by atoms with Gasteiger partial charge in [0.25, 0.3) is 0 Å². The third-order valence-corrected chi connectivity index (χ3v) is 3.33. The van der Waals surface area contributed by atoms with E-state index in [0.29, 0.717) is 18.2 Å². The number of nitrogens with one attached hydrogen (secondary N) is 1. The number of hydrogen-bond donors (Lipinski definition) is 1. The second kappa shape index (κ2) is 4.08. The van der Waals surface area contributed by atoms with Gasteiger partial charge in [0.1, 0.15) is 18.3 Å². The molecule has 1 aromatic rings. The number of nitrogens with zero attached hydrogens (tertiary/aromatic N) is 4. The number of aryl methyl sites for hydroxylation is 1. The highest BCUT2D eigenvalue weighted by Crippen LogP contribution is 2.34. The number of carbonyl (C=O) groups is 2. The minimum atomic E-state index is -0.331. The van der Waals surface area contributed by atoms with Crippen LogP contribution in [0.15, 0.2) is 6.20 Å². The summed E-state index contributed by atoms with van der Waals surface area (Å²) in [5.41, 5.74) is 0.704. The fourth-order valence-electron chi connectivity index (χ4n) is 2.27. The largest absolute Gasteiger partial charge is 0.342 e. The standard InChI is InChI=1S/C11H15N5O2/c1-15-4-8(13-14-15)5-16-6-9(17)12-10(11(16)18)7-2-3-7/h4,7,10H,2-3,5-6H2,1H3,(H,12,17). The molecule has 1 unspecified atom stereocenters. The Balaban J connectivity index is 1.73. The molecule has 3 rings (SSSR count). The molecule has 7 nitrogen and oxygen atoms in total. The van der Waals surface area contributed by atoms with Gasteiger partial charge in [-0.15, -0.1) is 5.10 Å². The molecule has 1 N–H and O–H groups in total. The molecule has 2 heterocycles. The fourth-order valence-corrected chi connectivity index (χ4v) is 2.27. The number of piperazine rings is 1. The van der Waals surface area contributed by atoms with Crippen molar-refractivity contribution in [2.75, 3.05) is 6.54 Å². The lowest BCUT2D eigenvalue weighted by molar-refractivity contribution is -0.145. The molecule has 1 aliphatic carbocycles. The minimum Gasteiger partial charge on any atom is -0.342 e. The van der Waals surface area contributed by atoms with Crippen LogP contribution < -0.4 is 5.32 Å². The van der Waals surface area contributed by atoms with Gasteiger partial charge in [0.05, 0.1) is 6.54 Å². The maximum atomic E-state index is 12.2.